The minimum Gasteiger partial charge on any atom is -0.465 e. The number of halogens is 1. The van der Waals surface area contributed by atoms with E-state index < -0.39 is 0 Å². The molecule has 1 saturated heterocycles. The summed E-state index contributed by atoms with van der Waals surface area (Å²) in [6.45, 7) is 1.44. The molecule has 4 nitrogen and oxygen atoms in total. The molecular formula is C16H17BrN2O2S. The fourth-order valence-corrected chi connectivity index (χ4v) is 3.34. The first-order chi connectivity index (χ1) is 10.7. The lowest BCUT2D eigenvalue weighted by molar-refractivity contribution is -0.130. The molecule has 1 aliphatic heterocycles. The molecular weight excluding hydrogens is 364 g/mol. The first kappa shape index (κ1) is 15.5. The van der Waals surface area contributed by atoms with E-state index in [0.717, 1.165) is 23.9 Å². The molecule has 1 atom stereocenters. The van der Waals surface area contributed by atoms with Crippen molar-refractivity contribution in [2.24, 2.45) is 0 Å². The summed E-state index contributed by atoms with van der Waals surface area (Å²) < 4.78 is 6.84. The number of carbonyl (C=O) groups is 1. The van der Waals surface area contributed by atoms with Crippen LogP contribution in [-0.2, 0) is 11.2 Å². The van der Waals surface area contributed by atoms with Crippen LogP contribution in [0.15, 0.2) is 40.3 Å². The first-order valence-electron chi connectivity index (χ1n) is 7.29. The lowest BCUT2D eigenvalue weighted by atomic mass is 10.1. The van der Waals surface area contributed by atoms with Gasteiger partial charge in [0.2, 0.25) is 5.91 Å². The Morgan fingerprint density at radius 3 is 2.95 bits per heavy atom. The number of ether oxygens (including phenoxy) is 1. The molecule has 1 fully saturated rings. The molecule has 0 N–H and O–H groups in total. The van der Waals surface area contributed by atoms with Crippen LogP contribution in [0.1, 0.15) is 18.4 Å². The van der Waals surface area contributed by atoms with Crippen molar-refractivity contribution in [3.63, 3.8) is 0 Å². The highest BCUT2D eigenvalue weighted by atomic mass is 79.9. The summed E-state index contributed by atoms with van der Waals surface area (Å²) in [6.07, 6.45) is 4.01. The number of nitrogens with zero attached hydrogens (tertiary/aromatic N) is 2. The van der Waals surface area contributed by atoms with Crippen molar-refractivity contribution in [1.82, 2.24) is 9.88 Å². The molecule has 3 rings (SSSR count). The SMILES string of the molecule is O=C(CCc1ccc(Br)cc1)N1CCC(Oc2nccs2)C1. The third-order valence-electron chi connectivity index (χ3n) is 3.72. The van der Waals surface area contributed by atoms with E-state index in [1.54, 1.807) is 6.20 Å². The molecule has 1 amide bonds. The Morgan fingerprint density at radius 2 is 2.23 bits per heavy atom. The van der Waals surface area contributed by atoms with Gasteiger partial charge in [-0.05, 0) is 24.1 Å². The molecule has 0 saturated carbocycles. The van der Waals surface area contributed by atoms with Crippen LogP contribution in [0.5, 0.6) is 5.19 Å². The summed E-state index contributed by atoms with van der Waals surface area (Å²) in [5.74, 6) is 0.202. The second-order valence-electron chi connectivity index (χ2n) is 5.29. The van der Waals surface area contributed by atoms with Gasteiger partial charge >= 0.3 is 0 Å². The maximum Gasteiger partial charge on any atom is 0.273 e. The Morgan fingerprint density at radius 1 is 1.41 bits per heavy atom. The summed E-state index contributed by atoms with van der Waals surface area (Å²) in [6, 6.07) is 8.12. The Bertz CT molecular complexity index is 616. The van der Waals surface area contributed by atoms with Gasteiger partial charge in [-0.1, -0.05) is 39.4 Å². The van der Waals surface area contributed by atoms with Gasteiger partial charge in [-0.25, -0.2) is 4.98 Å². The molecule has 1 unspecified atom stereocenters. The number of aryl methyl sites for hydroxylation is 1. The average molecular weight is 381 g/mol. The van der Waals surface area contributed by atoms with E-state index in [1.807, 2.05) is 22.4 Å². The molecule has 1 aromatic heterocycles. The maximum absolute atomic E-state index is 12.3. The van der Waals surface area contributed by atoms with Crippen molar-refractivity contribution in [2.45, 2.75) is 25.4 Å². The number of aromatic nitrogens is 1. The van der Waals surface area contributed by atoms with Crippen molar-refractivity contribution >= 4 is 33.2 Å². The second-order valence-corrected chi connectivity index (χ2v) is 7.07. The van der Waals surface area contributed by atoms with Crippen LogP contribution >= 0.6 is 27.3 Å². The van der Waals surface area contributed by atoms with Crippen molar-refractivity contribution < 1.29 is 9.53 Å². The van der Waals surface area contributed by atoms with Gasteiger partial charge in [0.1, 0.15) is 6.10 Å². The molecule has 0 spiro atoms. The van der Waals surface area contributed by atoms with Crippen LogP contribution in [0.2, 0.25) is 0 Å². The largest absolute Gasteiger partial charge is 0.465 e. The molecule has 116 valence electrons. The summed E-state index contributed by atoms with van der Waals surface area (Å²) in [5, 5.41) is 2.58. The lowest BCUT2D eigenvalue weighted by Crippen LogP contribution is -2.31. The Kier molecular flexibility index (Phi) is 5.10. The van der Waals surface area contributed by atoms with Crippen molar-refractivity contribution in [2.75, 3.05) is 13.1 Å². The third-order valence-corrected chi connectivity index (χ3v) is 4.91. The van der Waals surface area contributed by atoms with Gasteiger partial charge in [-0.15, -0.1) is 0 Å². The van der Waals surface area contributed by atoms with E-state index in [-0.39, 0.29) is 12.0 Å². The molecule has 2 aromatic rings. The van der Waals surface area contributed by atoms with Crippen molar-refractivity contribution in [1.29, 1.82) is 0 Å². The topological polar surface area (TPSA) is 42.4 Å². The average Bonchev–Trinajstić information content (AvgIpc) is 3.19. The van der Waals surface area contributed by atoms with Crippen LogP contribution in [0.3, 0.4) is 0 Å². The maximum atomic E-state index is 12.3. The van der Waals surface area contributed by atoms with Crippen LogP contribution in [-0.4, -0.2) is 35.0 Å². The number of amides is 1. The monoisotopic (exact) mass is 380 g/mol. The molecule has 0 aliphatic carbocycles. The van der Waals surface area contributed by atoms with E-state index in [1.165, 1.54) is 16.9 Å². The summed E-state index contributed by atoms with van der Waals surface area (Å²) in [5.41, 5.74) is 1.19. The zero-order chi connectivity index (χ0) is 15.4. The van der Waals surface area contributed by atoms with Crippen LogP contribution in [0.4, 0.5) is 0 Å². The molecule has 1 aliphatic rings. The van der Waals surface area contributed by atoms with E-state index >= 15 is 0 Å². The van der Waals surface area contributed by atoms with Gasteiger partial charge < -0.3 is 9.64 Å². The molecule has 22 heavy (non-hydrogen) atoms. The first-order valence-corrected chi connectivity index (χ1v) is 8.96. The van der Waals surface area contributed by atoms with Gasteiger partial charge in [0, 0.05) is 35.4 Å². The number of thiazole rings is 1. The van der Waals surface area contributed by atoms with E-state index in [4.69, 9.17) is 4.74 Å². The van der Waals surface area contributed by atoms with E-state index in [0.29, 0.717) is 18.2 Å². The standard InChI is InChI=1S/C16H17BrN2O2S/c17-13-4-1-12(2-5-13)3-6-15(20)19-9-7-14(11-19)21-16-18-8-10-22-16/h1-2,4-5,8,10,14H,3,6-7,9,11H2. The van der Waals surface area contributed by atoms with Gasteiger partial charge in [0.05, 0.1) is 6.54 Å². The van der Waals surface area contributed by atoms with Crippen LogP contribution < -0.4 is 4.74 Å². The number of rotatable bonds is 5. The highest BCUT2D eigenvalue weighted by Crippen LogP contribution is 2.21. The minimum absolute atomic E-state index is 0.0720. The predicted octanol–water partition coefficient (Wildman–Crippen LogP) is 3.52. The highest BCUT2D eigenvalue weighted by Gasteiger charge is 2.27. The van der Waals surface area contributed by atoms with Crippen molar-refractivity contribution in [3.05, 3.63) is 45.9 Å². The summed E-state index contributed by atoms with van der Waals surface area (Å²) >= 11 is 4.90. The van der Waals surface area contributed by atoms with Gasteiger partial charge in [0.25, 0.3) is 5.19 Å². The van der Waals surface area contributed by atoms with Crippen molar-refractivity contribution in [3.8, 4) is 5.19 Å². The Labute approximate surface area is 142 Å². The Balaban J connectivity index is 1.46. The highest BCUT2D eigenvalue weighted by molar-refractivity contribution is 9.10. The number of hydrogen-bond donors (Lipinski definition) is 0. The molecule has 0 bridgehead atoms. The predicted molar refractivity (Wildman–Crippen MR) is 90.2 cm³/mol. The number of benzene rings is 1. The van der Waals surface area contributed by atoms with E-state index in [2.05, 4.69) is 33.0 Å². The third kappa shape index (κ3) is 4.08. The fourth-order valence-electron chi connectivity index (χ4n) is 2.52. The second kappa shape index (κ2) is 7.24. The number of carbonyl (C=O) groups excluding carboxylic acids is 1. The van der Waals surface area contributed by atoms with Gasteiger partial charge in [-0.3, -0.25) is 4.79 Å². The fraction of sp³-hybridized carbons (Fsp3) is 0.375. The van der Waals surface area contributed by atoms with E-state index in [9.17, 15) is 4.79 Å². The Hall–Kier alpha value is -1.40. The smallest absolute Gasteiger partial charge is 0.273 e. The zero-order valence-electron chi connectivity index (χ0n) is 12.1. The lowest BCUT2D eigenvalue weighted by Gasteiger charge is -2.16. The van der Waals surface area contributed by atoms with Crippen LogP contribution in [0.25, 0.3) is 0 Å². The molecule has 6 heteroatoms. The molecule has 1 aromatic carbocycles. The molecule has 0 radical (unpaired) electrons. The normalized spacial score (nSPS) is 17.7. The van der Waals surface area contributed by atoms with Crippen LogP contribution in [0, 0.1) is 0 Å². The minimum atomic E-state index is 0.0720. The van der Waals surface area contributed by atoms with Gasteiger partial charge in [-0.2, -0.15) is 0 Å². The number of likely N-dealkylation sites (tertiary alicyclic amines) is 1. The summed E-state index contributed by atoms with van der Waals surface area (Å²) in [4.78, 5) is 18.3. The van der Waals surface area contributed by atoms with Gasteiger partial charge in [0.15, 0.2) is 0 Å². The quantitative estimate of drug-likeness (QED) is 0.796. The molecule has 2 heterocycles. The zero-order valence-corrected chi connectivity index (χ0v) is 14.5. The summed E-state index contributed by atoms with van der Waals surface area (Å²) in [7, 11) is 0. The number of hydrogen-bond acceptors (Lipinski definition) is 4.